The monoisotopic (exact) mass is 244 g/mol. The van der Waals surface area contributed by atoms with Gasteiger partial charge in [0.25, 0.3) is 0 Å². The van der Waals surface area contributed by atoms with Crippen molar-refractivity contribution in [2.75, 3.05) is 12.8 Å². The Kier molecular flexibility index (Phi) is 2.70. The second-order valence-corrected chi connectivity index (χ2v) is 4.61. The van der Waals surface area contributed by atoms with Gasteiger partial charge < -0.3 is 15.0 Å². The van der Waals surface area contributed by atoms with Crippen molar-refractivity contribution in [1.82, 2.24) is 5.16 Å². The van der Waals surface area contributed by atoms with Crippen LogP contribution in [0.4, 0.5) is 5.88 Å². The third kappa shape index (κ3) is 1.74. The van der Waals surface area contributed by atoms with Crippen LogP contribution in [0.2, 0.25) is 0 Å². The molecule has 1 aliphatic carbocycles. The number of benzene rings is 1. The smallest absolute Gasteiger partial charge is 0.222 e. The van der Waals surface area contributed by atoms with Gasteiger partial charge in [-0.05, 0) is 42.9 Å². The van der Waals surface area contributed by atoms with E-state index in [2.05, 4.69) is 11.2 Å². The molecule has 0 bridgehead atoms. The number of ether oxygens (including phenoxy) is 1. The summed E-state index contributed by atoms with van der Waals surface area (Å²) in [5.74, 6) is 1.24. The van der Waals surface area contributed by atoms with Gasteiger partial charge >= 0.3 is 0 Å². The van der Waals surface area contributed by atoms with Crippen LogP contribution in [-0.4, -0.2) is 12.3 Å². The zero-order valence-electron chi connectivity index (χ0n) is 10.4. The molecule has 0 atom stereocenters. The van der Waals surface area contributed by atoms with Gasteiger partial charge in [-0.2, -0.15) is 0 Å². The zero-order chi connectivity index (χ0) is 12.5. The number of nitrogen functional groups attached to an aromatic ring is 1. The van der Waals surface area contributed by atoms with Crippen LogP contribution in [0, 0.1) is 0 Å². The van der Waals surface area contributed by atoms with Crippen LogP contribution in [0.3, 0.4) is 0 Å². The van der Waals surface area contributed by atoms with Gasteiger partial charge in [0.1, 0.15) is 11.4 Å². The molecule has 1 aliphatic rings. The van der Waals surface area contributed by atoms with Gasteiger partial charge in [-0.1, -0.05) is 11.2 Å². The number of aryl methyl sites for hydroxylation is 1. The van der Waals surface area contributed by atoms with Gasteiger partial charge in [-0.25, -0.2) is 0 Å². The molecule has 94 valence electrons. The van der Waals surface area contributed by atoms with Gasteiger partial charge in [0, 0.05) is 11.6 Å². The Bertz CT molecular complexity index is 575. The molecule has 1 aromatic heterocycles. The highest BCUT2D eigenvalue weighted by Gasteiger charge is 2.19. The number of anilines is 1. The summed E-state index contributed by atoms with van der Waals surface area (Å²) in [6, 6.07) is 5.94. The van der Waals surface area contributed by atoms with E-state index in [1.54, 1.807) is 13.2 Å². The van der Waals surface area contributed by atoms with E-state index >= 15 is 0 Å². The second-order valence-electron chi connectivity index (χ2n) is 4.61. The Morgan fingerprint density at radius 3 is 2.83 bits per heavy atom. The molecule has 3 rings (SSSR count). The SMILES string of the molecule is COc1c(-c2cc(N)on2)ccc2c1CCCC2. The van der Waals surface area contributed by atoms with Gasteiger partial charge in [-0.15, -0.1) is 0 Å². The Morgan fingerprint density at radius 2 is 2.11 bits per heavy atom. The van der Waals surface area contributed by atoms with Gasteiger partial charge in [0.15, 0.2) is 0 Å². The highest BCUT2D eigenvalue weighted by Crippen LogP contribution is 2.38. The van der Waals surface area contributed by atoms with Crippen molar-refractivity contribution in [3.05, 3.63) is 29.3 Å². The molecular weight excluding hydrogens is 228 g/mol. The second kappa shape index (κ2) is 4.37. The Labute approximate surface area is 106 Å². The van der Waals surface area contributed by atoms with E-state index in [0.717, 1.165) is 29.8 Å². The predicted octanol–water partition coefficient (Wildman–Crippen LogP) is 2.81. The molecule has 0 radical (unpaired) electrons. The van der Waals surface area contributed by atoms with Crippen molar-refractivity contribution in [1.29, 1.82) is 0 Å². The van der Waals surface area contributed by atoms with Crippen LogP contribution in [0.15, 0.2) is 22.7 Å². The number of nitrogens with two attached hydrogens (primary N) is 1. The molecule has 0 saturated heterocycles. The van der Waals surface area contributed by atoms with Crippen LogP contribution < -0.4 is 10.5 Å². The number of hydrogen-bond acceptors (Lipinski definition) is 4. The molecule has 4 heteroatoms. The average Bonchev–Trinajstić information content (AvgIpc) is 2.84. The van der Waals surface area contributed by atoms with E-state index in [0.29, 0.717) is 5.88 Å². The first-order chi connectivity index (χ1) is 8.79. The lowest BCUT2D eigenvalue weighted by atomic mass is 9.89. The van der Waals surface area contributed by atoms with Crippen molar-refractivity contribution >= 4 is 5.88 Å². The third-order valence-corrected chi connectivity index (χ3v) is 3.49. The number of nitrogens with zero attached hydrogens (tertiary/aromatic N) is 1. The molecule has 4 nitrogen and oxygen atoms in total. The topological polar surface area (TPSA) is 61.3 Å². The summed E-state index contributed by atoms with van der Waals surface area (Å²) >= 11 is 0. The van der Waals surface area contributed by atoms with Gasteiger partial charge in [-0.3, -0.25) is 0 Å². The van der Waals surface area contributed by atoms with Crippen LogP contribution in [0.5, 0.6) is 5.75 Å². The molecule has 0 aliphatic heterocycles. The predicted molar refractivity (Wildman–Crippen MR) is 69.5 cm³/mol. The molecular formula is C14H16N2O2. The Morgan fingerprint density at radius 1 is 1.28 bits per heavy atom. The fourth-order valence-corrected chi connectivity index (χ4v) is 2.65. The van der Waals surface area contributed by atoms with Crippen molar-refractivity contribution in [2.45, 2.75) is 25.7 Å². The maximum Gasteiger partial charge on any atom is 0.222 e. The van der Waals surface area contributed by atoms with E-state index in [9.17, 15) is 0 Å². The lowest BCUT2D eigenvalue weighted by molar-refractivity contribution is 0.406. The van der Waals surface area contributed by atoms with Crippen LogP contribution in [0.25, 0.3) is 11.3 Å². The van der Waals surface area contributed by atoms with Crippen molar-refractivity contribution in [2.24, 2.45) is 0 Å². The summed E-state index contributed by atoms with van der Waals surface area (Å²) in [4.78, 5) is 0. The van der Waals surface area contributed by atoms with Crippen molar-refractivity contribution < 1.29 is 9.26 Å². The molecule has 18 heavy (non-hydrogen) atoms. The zero-order valence-corrected chi connectivity index (χ0v) is 10.4. The van der Waals surface area contributed by atoms with Crippen LogP contribution >= 0.6 is 0 Å². The average molecular weight is 244 g/mol. The molecule has 0 saturated carbocycles. The molecule has 0 fully saturated rings. The van der Waals surface area contributed by atoms with Crippen molar-refractivity contribution in [3.63, 3.8) is 0 Å². The maximum absolute atomic E-state index is 5.58. The minimum atomic E-state index is 0.324. The Balaban J connectivity index is 2.15. The fourth-order valence-electron chi connectivity index (χ4n) is 2.65. The van der Waals surface area contributed by atoms with E-state index in [1.807, 2.05) is 6.07 Å². The molecule has 1 aromatic carbocycles. The molecule has 0 spiro atoms. The number of aromatic nitrogens is 1. The highest BCUT2D eigenvalue weighted by molar-refractivity contribution is 5.71. The molecule has 2 N–H and O–H groups in total. The number of rotatable bonds is 2. The summed E-state index contributed by atoms with van der Waals surface area (Å²) in [6.45, 7) is 0. The lowest BCUT2D eigenvalue weighted by Gasteiger charge is -2.20. The minimum absolute atomic E-state index is 0.324. The summed E-state index contributed by atoms with van der Waals surface area (Å²) in [5, 5.41) is 3.96. The van der Waals surface area contributed by atoms with Crippen LogP contribution in [-0.2, 0) is 12.8 Å². The number of hydrogen-bond donors (Lipinski definition) is 1. The molecule has 0 amide bonds. The van der Waals surface area contributed by atoms with Gasteiger partial charge in [0.2, 0.25) is 5.88 Å². The van der Waals surface area contributed by atoms with Crippen LogP contribution in [0.1, 0.15) is 24.0 Å². The standard InChI is InChI=1S/C14H16N2O2/c1-17-14-10-5-3-2-4-9(10)6-7-11(14)12-8-13(15)18-16-12/h6-8H,2-5,15H2,1H3. The van der Waals surface area contributed by atoms with Crippen molar-refractivity contribution in [3.8, 4) is 17.0 Å². The highest BCUT2D eigenvalue weighted by atomic mass is 16.5. The van der Waals surface area contributed by atoms with E-state index < -0.39 is 0 Å². The maximum atomic E-state index is 5.58. The van der Waals surface area contributed by atoms with E-state index in [-0.39, 0.29) is 0 Å². The largest absolute Gasteiger partial charge is 0.496 e. The van der Waals surface area contributed by atoms with E-state index in [1.165, 1.54) is 24.0 Å². The first kappa shape index (κ1) is 11.1. The summed E-state index contributed by atoms with van der Waals surface area (Å²) < 4.78 is 10.5. The molecule has 0 unspecified atom stereocenters. The summed E-state index contributed by atoms with van der Waals surface area (Å²) in [5.41, 5.74) is 9.96. The summed E-state index contributed by atoms with van der Waals surface area (Å²) in [6.07, 6.45) is 4.67. The molecule has 1 heterocycles. The first-order valence-electron chi connectivity index (χ1n) is 6.21. The fraction of sp³-hybridized carbons (Fsp3) is 0.357. The normalized spacial score (nSPS) is 14.3. The lowest BCUT2D eigenvalue weighted by Crippen LogP contribution is -2.06. The van der Waals surface area contributed by atoms with Gasteiger partial charge in [0.05, 0.1) is 7.11 Å². The quantitative estimate of drug-likeness (QED) is 0.882. The molecule has 2 aromatic rings. The van der Waals surface area contributed by atoms with E-state index in [4.69, 9.17) is 15.0 Å². The number of methoxy groups -OCH3 is 1. The Hall–Kier alpha value is -1.97. The third-order valence-electron chi connectivity index (χ3n) is 3.49. The number of fused-ring (bicyclic) bond motifs is 1. The summed E-state index contributed by atoms with van der Waals surface area (Å²) in [7, 11) is 1.71. The minimum Gasteiger partial charge on any atom is -0.496 e. The first-order valence-corrected chi connectivity index (χ1v) is 6.21.